The number of anilines is 1. The molecule has 0 aliphatic heterocycles. The smallest absolute Gasteiger partial charge is 0.0572 e. The lowest BCUT2D eigenvalue weighted by molar-refractivity contribution is 0.768. The number of benzene rings is 1. The van der Waals surface area contributed by atoms with Crippen molar-refractivity contribution in [2.24, 2.45) is 7.05 Å². The average Bonchev–Trinajstić information content (AvgIpc) is 2.86. The molecule has 16 heavy (non-hydrogen) atoms. The Labute approximate surface area is 92.7 Å². The van der Waals surface area contributed by atoms with E-state index in [1.54, 1.807) is 4.68 Å². The van der Waals surface area contributed by atoms with Crippen molar-refractivity contribution in [3.05, 3.63) is 36.8 Å². The highest BCUT2D eigenvalue weighted by molar-refractivity contribution is 5.94. The predicted octanol–water partition coefficient (Wildman–Crippen LogP) is 2.15. The quantitative estimate of drug-likeness (QED) is 0.649. The number of aryl methyl sites for hydroxylation is 1. The molecule has 3 rings (SSSR count). The van der Waals surface area contributed by atoms with E-state index < -0.39 is 0 Å². The van der Waals surface area contributed by atoms with E-state index in [0.29, 0.717) is 0 Å². The van der Waals surface area contributed by atoms with Crippen LogP contribution in [0.15, 0.2) is 36.8 Å². The molecule has 0 saturated carbocycles. The van der Waals surface area contributed by atoms with Gasteiger partial charge in [0.2, 0.25) is 0 Å². The van der Waals surface area contributed by atoms with Gasteiger partial charge >= 0.3 is 0 Å². The highest BCUT2D eigenvalue weighted by Crippen LogP contribution is 2.26. The van der Waals surface area contributed by atoms with Gasteiger partial charge in [-0.3, -0.25) is 4.68 Å². The minimum atomic E-state index is 0.778. The highest BCUT2D eigenvalue weighted by atomic mass is 15.2. The molecular weight excluding hydrogens is 200 g/mol. The molecule has 2 heterocycles. The summed E-state index contributed by atoms with van der Waals surface area (Å²) in [6.07, 6.45) is 5.66. The van der Waals surface area contributed by atoms with Crippen LogP contribution in [0.1, 0.15) is 0 Å². The van der Waals surface area contributed by atoms with Gasteiger partial charge in [0.1, 0.15) is 0 Å². The van der Waals surface area contributed by atoms with E-state index in [2.05, 4.69) is 22.2 Å². The molecule has 0 unspecified atom stereocenters. The van der Waals surface area contributed by atoms with Crippen LogP contribution in [0, 0.1) is 0 Å². The first-order valence-corrected chi connectivity index (χ1v) is 5.10. The summed E-state index contributed by atoms with van der Waals surface area (Å²) in [4.78, 5) is 3.13. The topological polar surface area (TPSA) is 59.6 Å². The molecule has 0 radical (unpaired) electrons. The Kier molecular flexibility index (Phi) is 1.77. The Bertz CT molecular complexity index is 648. The second kappa shape index (κ2) is 3.13. The van der Waals surface area contributed by atoms with Crippen LogP contribution < -0.4 is 5.73 Å². The molecule has 0 aliphatic carbocycles. The molecule has 3 aromatic rings. The Morgan fingerprint density at radius 1 is 1.31 bits per heavy atom. The summed E-state index contributed by atoms with van der Waals surface area (Å²) in [5.41, 5.74) is 9.95. The van der Waals surface area contributed by atoms with Crippen LogP contribution >= 0.6 is 0 Å². The van der Waals surface area contributed by atoms with E-state index in [0.717, 1.165) is 27.7 Å². The monoisotopic (exact) mass is 212 g/mol. The number of aromatic nitrogens is 3. The third-order valence-corrected chi connectivity index (χ3v) is 2.75. The fourth-order valence-corrected chi connectivity index (χ4v) is 1.89. The number of rotatable bonds is 1. The van der Waals surface area contributed by atoms with Crippen molar-refractivity contribution in [2.45, 2.75) is 0 Å². The second-order valence-corrected chi connectivity index (χ2v) is 3.91. The van der Waals surface area contributed by atoms with Crippen LogP contribution in [0.5, 0.6) is 0 Å². The average molecular weight is 212 g/mol. The fraction of sp³-hybridized carbons (Fsp3) is 0.0833. The molecule has 4 heteroatoms. The van der Waals surface area contributed by atoms with Crippen molar-refractivity contribution < 1.29 is 0 Å². The van der Waals surface area contributed by atoms with Crippen molar-refractivity contribution >= 4 is 16.6 Å². The van der Waals surface area contributed by atoms with Gasteiger partial charge in [-0.2, -0.15) is 5.10 Å². The van der Waals surface area contributed by atoms with Crippen LogP contribution in [-0.2, 0) is 7.05 Å². The van der Waals surface area contributed by atoms with E-state index in [4.69, 9.17) is 5.73 Å². The van der Waals surface area contributed by atoms with Crippen molar-refractivity contribution in [1.82, 2.24) is 14.8 Å². The zero-order valence-corrected chi connectivity index (χ0v) is 8.94. The van der Waals surface area contributed by atoms with Crippen molar-refractivity contribution in [1.29, 1.82) is 0 Å². The van der Waals surface area contributed by atoms with Crippen LogP contribution in [0.25, 0.3) is 22.0 Å². The first kappa shape index (κ1) is 9.03. The molecule has 0 atom stereocenters. The molecule has 0 bridgehead atoms. The van der Waals surface area contributed by atoms with E-state index in [9.17, 15) is 0 Å². The van der Waals surface area contributed by atoms with Gasteiger partial charge in [-0.05, 0) is 17.7 Å². The van der Waals surface area contributed by atoms with Crippen molar-refractivity contribution in [3.63, 3.8) is 0 Å². The van der Waals surface area contributed by atoms with Crippen LogP contribution in [-0.4, -0.2) is 14.8 Å². The Morgan fingerprint density at radius 3 is 2.94 bits per heavy atom. The number of nitrogen functional groups attached to an aromatic ring is 1. The molecular formula is C12H12N4. The lowest BCUT2D eigenvalue weighted by Crippen LogP contribution is -1.84. The molecule has 0 fully saturated rings. The summed E-state index contributed by atoms with van der Waals surface area (Å²) >= 11 is 0. The number of nitrogens with one attached hydrogen (secondary N) is 1. The summed E-state index contributed by atoms with van der Waals surface area (Å²) in [5, 5.41) is 5.22. The second-order valence-electron chi connectivity index (χ2n) is 3.91. The zero-order valence-electron chi connectivity index (χ0n) is 8.94. The van der Waals surface area contributed by atoms with E-state index >= 15 is 0 Å². The summed E-state index contributed by atoms with van der Waals surface area (Å²) in [6.45, 7) is 0. The Balaban J connectivity index is 2.21. The number of nitrogens with zero attached hydrogens (tertiary/aromatic N) is 2. The van der Waals surface area contributed by atoms with Crippen molar-refractivity contribution in [2.75, 3.05) is 5.73 Å². The summed E-state index contributed by atoms with van der Waals surface area (Å²) < 4.78 is 1.79. The van der Waals surface area contributed by atoms with E-state index in [-0.39, 0.29) is 0 Å². The van der Waals surface area contributed by atoms with E-state index in [1.807, 2.05) is 31.7 Å². The van der Waals surface area contributed by atoms with Crippen LogP contribution in [0.4, 0.5) is 5.69 Å². The van der Waals surface area contributed by atoms with Crippen molar-refractivity contribution in [3.8, 4) is 11.1 Å². The summed E-state index contributed by atoms with van der Waals surface area (Å²) in [7, 11) is 1.91. The van der Waals surface area contributed by atoms with Gasteiger partial charge in [0.15, 0.2) is 0 Å². The summed E-state index contributed by atoms with van der Waals surface area (Å²) in [6, 6.07) is 6.18. The third kappa shape index (κ3) is 1.27. The number of hydrogen-bond donors (Lipinski definition) is 2. The van der Waals surface area contributed by atoms with E-state index in [1.165, 1.54) is 0 Å². The van der Waals surface area contributed by atoms with Crippen LogP contribution in [0.2, 0.25) is 0 Å². The van der Waals surface area contributed by atoms with Gasteiger partial charge < -0.3 is 10.7 Å². The Morgan fingerprint density at radius 2 is 2.19 bits per heavy atom. The molecule has 0 amide bonds. The number of fused-ring (bicyclic) bond motifs is 1. The molecule has 3 N–H and O–H groups in total. The van der Waals surface area contributed by atoms with Crippen LogP contribution in [0.3, 0.4) is 0 Å². The zero-order chi connectivity index (χ0) is 11.1. The normalized spacial score (nSPS) is 11.1. The minimum absolute atomic E-state index is 0.778. The predicted molar refractivity (Wildman–Crippen MR) is 64.9 cm³/mol. The number of hydrogen-bond acceptors (Lipinski definition) is 2. The first-order valence-electron chi connectivity index (χ1n) is 5.10. The largest absolute Gasteiger partial charge is 0.397 e. The first-order chi connectivity index (χ1) is 7.74. The van der Waals surface area contributed by atoms with Gasteiger partial charge in [-0.15, -0.1) is 0 Å². The molecule has 2 aromatic heterocycles. The standard InChI is InChI=1S/C12H12N4/c1-16-7-9(5-15-16)8-2-3-12-10(4-8)11(13)6-14-12/h2-7,14H,13H2,1H3. The Hall–Kier alpha value is -2.23. The molecule has 0 aliphatic rings. The maximum absolute atomic E-state index is 5.88. The maximum atomic E-state index is 5.88. The lowest BCUT2D eigenvalue weighted by Gasteiger charge is -1.98. The SMILES string of the molecule is Cn1cc(-c2ccc3[nH]cc(N)c3c2)cn1. The van der Waals surface area contributed by atoms with Gasteiger partial charge in [0, 0.05) is 35.9 Å². The number of aromatic amines is 1. The van der Waals surface area contributed by atoms with Gasteiger partial charge in [0.05, 0.1) is 11.9 Å². The molecule has 0 spiro atoms. The van der Waals surface area contributed by atoms with Gasteiger partial charge in [-0.1, -0.05) is 6.07 Å². The number of nitrogens with two attached hydrogens (primary N) is 1. The molecule has 80 valence electrons. The minimum Gasteiger partial charge on any atom is -0.397 e. The maximum Gasteiger partial charge on any atom is 0.0572 e. The lowest BCUT2D eigenvalue weighted by atomic mass is 10.1. The number of H-pyrrole nitrogens is 1. The molecule has 4 nitrogen and oxygen atoms in total. The third-order valence-electron chi connectivity index (χ3n) is 2.75. The van der Waals surface area contributed by atoms with Gasteiger partial charge in [0.25, 0.3) is 0 Å². The van der Waals surface area contributed by atoms with Gasteiger partial charge in [-0.25, -0.2) is 0 Å². The molecule has 1 aromatic carbocycles. The summed E-state index contributed by atoms with van der Waals surface area (Å²) in [5.74, 6) is 0. The fourth-order valence-electron chi connectivity index (χ4n) is 1.89. The molecule has 0 saturated heterocycles. The highest BCUT2D eigenvalue weighted by Gasteiger charge is 2.04.